The highest BCUT2D eigenvalue weighted by molar-refractivity contribution is 5.85. The van der Waals surface area contributed by atoms with Gasteiger partial charge in [0.15, 0.2) is 6.04 Å². The maximum absolute atomic E-state index is 13.6. The summed E-state index contributed by atoms with van der Waals surface area (Å²) in [5.74, 6) is -0.950. The van der Waals surface area contributed by atoms with E-state index >= 15 is 0 Å². The van der Waals surface area contributed by atoms with E-state index in [1.54, 1.807) is 13.8 Å². The van der Waals surface area contributed by atoms with Crippen molar-refractivity contribution in [2.24, 2.45) is 5.92 Å². The summed E-state index contributed by atoms with van der Waals surface area (Å²) in [4.78, 5) is 40.5. The van der Waals surface area contributed by atoms with Gasteiger partial charge in [-0.05, 0) is 44.0 Å². The SMILES string of the molecule is Cc1c(CC(=O)N[C@H](C)C2C(C)CC(C#N)N[N+]2=O)c(=O)[nH]c2ccc(F)cc12. The number of aromatic amines is 1. The van der Waals surface area contributed by atoms with Crippen LogP contribution >= 0.6 is 0 Å². The molecule has 9 heteroatoms. The number of carbonyl (C=O) groups is 1. The van der Waals surface area contributed by atoms with E-state index in [9.17, 15) is 18.9 Å². The van der Waals surface area contributed by atoms with Gasteiger partial charge in [-0.25, -0.2) is 4.39 Å². The van der Waals surface area contributed by atoms with Crippen LogP contribution in [0.1, 0.15) is 31.4 Å². The van der Waals surface area contributed by atoms with E-state index in [2.05, 4.69) is 15.7 Å². The van der Waals surface area contributed by atoms with Gasteiger partial charge in [-0.3, -0.25) is 9.59 Å². The van der Waals surface area contributed by atoms with Crippen molar-refractivity contribution in [2.75, 3.05) is 0 Å². The van der Waals surface area contributed by atoms with Gasteiger partial charge >= 0.3 is 0 Å². The quantitative estimate of drug-likeness (QED) is 0.674. The summed E-state index contributed by atoms with van der Waals surface area (Å²) >= 11 is 0. The lowest BCUT2D eigenvalue weighted by Crippen LogP contribution is -2.59. The van der Waals surface area contributed by atoms with Gasteiger partial charge in [0.25, 0.3) is 11.6 Å². The molecule has 1 saturated heterocycles. The molecule has 1 fully saturated rings. The zero-order valence-electron chi connectivity index (χ0n) is 16.5. The van der Waals surface area contributed by atoms with Crippen LogP contribution in [-0.2, 0) is 11.2 Å². The van der Waals surface area contributed by atoms with E-state index in [-0.39, 0.29) is 17.9 Å². The lowest BCUT2D eigenvalue weighted by Gasteiger charge is -2.28. The number of aromatic nitrogens is 1. The van der Waals surface area contributed by atoms with Crippen LogP contribution in [0.2, 0.25) is 0 Å². The summed E-state index contributed by atoms with van der Waals surface area (Å²) in [6, 6.07) is 4.49. The molecular formula is C20H23FN5O3+. The number of aryl methyl sites for hydroxylation is 1. The molecule has 8 nitrogen and oxygen atoms in total. The molecule has 4 atom stereocenters. The number of halogens is 1. The minimum absolute atomic E-state index is 0.109. The number of hydrazine groups is 1. The number of amides is 1. The molecule has 1 aliphatic heterocycles. The predicted octanol–water partition coefficient (Wildman–Crippen LogP) is 1.61. The minimum atomic E-state index is -0.555. The first-order valence-electron chi connectivity index (χ1n) is 9.43. The molecular weight excluding hydrogens is 377 g/mol. The molecule has 2 aromatic rings. The average Bonchev–Trinajstić information content (AvgIpc) is 2.65. The van der Waals surface area contributed by atoms with Crippen LogP contribution in [0.25, 0.3) is 10.9 Å². The minimum Gasteiger partial charge on any atom is -0.346 e. The third-order valence-electron chi connectivity index (χ3n) is 5.50. The number of carbonyl (C=O) groups excluding carboxylic acids is 1. The smallest absolute Gasteiger partial charge is 0.256 e. The van der Waals surface area contributed by atoms with Crippen molar-refractivity contribution in [3.05, 3.63) is 50.4 Å². The molecule has 3 rings (SSSR count). The Balaban J connectivity index is 1.76. The molecule has 0 saturated carbocycles. The van der Waals surface area contributed by atoms with E-state index in [1.807, 2.05) is 13.0 Å². The molecule has 0 aliphatic carbocycles. The van der Waals surface area contributed by atoms with Crippen LogP contribution in [0.15, 0.2) is 23.0 Å². The zero-order valence-corrected chi connectivity index (χ0v) is 16.5. The van der Waals surface area contributed by atoms with Gasteiger partial charge < -0.3 is 10.3 Å². The monoisotopic (exact) mass is 400 g/mol. The first kappa shape index (κ1) is 20.5. The van der Waals surface area contributed by atoms with Crippen LogP contribution < -0.4 is 16.3 Å². The van der Waals surface area contributed by atoms with Crippen molar-refractivity contribution < 1.29 is 14.1 Å². The number of H-pyrrole nitrogens is 1. The summed E-state index contributed by atoms with van der Waals surface area (Å²) < 4.78 is 13.6. The van der Waals surface area contributed by atoms with E-state index in [4.69, 9.17) is 5.26 Å². The fraction of sp³-hybridized carbons (Fsp3) is 0.450. The largest absolute Gasteiger partial charge is 0.346 e. The number of rotatable bonds is 4. The second-order valence-corrected chi connectivity index (χ2v) is 7.62. The van der Waals surface area contributed by atoms with Gasteiger partial charge in [0, 0.05) is 22.4 Å². The van der Waals surface area contributed by atoms with Gasteiger partial charge in [0.1, 0.15) is 10.7 Å². The number of nitrogens with one attached hydrogen (secondary N) is 3. The van der Waals surface area contributed by atoms with Crippen LogP contribution in [0, 0.1) is 34.9 Å². The van der Waals surface area contributed by atoms with E-state index in [0.717, 1.165) is 0 Å². The summed E-state index contributed by atoms with van der Waals surface area (Å²) in [5.41, 5.74) is 3.47. The van der Waals surface area contributed by atoms with Gasteiger partial charge in [-0.1, -0.05) is 6.92 Å². The number of nitrogens with zero attached hydrogens (tertiary/aromatic N) is 2. The Morgan fingerprint density at radius 1 is 1.48 bits per heavy atom. The highest BCUT2D eigenvalue weighted by atomic mass is 19.1. The first-order chi connectivity index (χ1) is 13.7. The topological polar surface area (TPSA) is 118 Å². The third-order valence-corrected chi connectivity index (χ3v) is 5.50. The van der Waals surface area contributed by atoms with Crippen molar-refractivity contribution in [2.45, 2.75) is 51.7 Å². The predicted molar refractivity (Wildman–Crippen MR) is 104 cm³/mol. The fourth-order valence-electron chi connectivity index (χ4n) is 4.04. The molecule has 152 valence electrons. The number of nitriles is 1. The molecule has 0 bridgehead atoms. The molecule has 0 spiro atoms. The number of nitroso groups, excluding NO2 is 1. The Morgan fingerprint density at radius 3 is 2.86 bits per heavy atom. The normalized spacial score (nSPS) is 22.6. The van der Waals surface area contributed by atoms with E-state index in [1.165, 1.54) is 18.2 Å². The maximum atomic E-state index is 13.6. The molecule has 1 aliphatic rings. The van der Waals surface area contributed by atoms with Crippen LogP contribution in [0.4, 0.5) is 4.39 Å². The molecule has 1 aromatic heterocycles. The van der Waals surface area contributed by atoms with Gasteiger partial charge in [0.2, 0.25) is 5.91 Å². The van der Waals surface area contributed by atoms with Gasteiger partial charge in [0.05, 0.1) is 23.4 Å². The third kappa shape index (κ3) is 4.11. The average molecular weight is 400 g/mol. The Kier molecular flexibility index (Phi) is 5.64. The summed E-state index contributed by atoms with van der Waals surface area (Å²) in [7, 11) is 0. The summed E-state index contributed by atoms with van der Waals surface area (Å²) in [6.45, 7) is 5.25. The standard InChI is InChI=1S/C20H22FN5O3/c1-10-6-14(9-22)25-26(29)19(10)12(3)23-18(27)8-16-11(2)15-7-13(21)4-5-17(15)24-20(16)28/h4-5,7,10,12,14,19H,6,8H2,1-3H3,(H2-,23,24,25,27,28,29)/p+1/t10?,12-,14?,19?/m1/s1. The second kappa shape index (κ2) is 7.99. The molecule has 29 heavy (non-hydrogen) atoms. The van der Waals surface area contributed by atoms with E-state index < -0.39 is 35.4 Å². The Hall–Kier alpha value is -3.28. The van der Waals surface area contributed by atoms with Crippen molar-refractivity contribution >= 4 is 16.8 Å². The zero-order chi connectivity index (χ0) is 21.3. The number of hydrogen-bond donors (Lipinski definition) is 3. The molecule has 1 amide bonds. The second-order valence-electron chi connectivity index (χ2n) is 7.62. The molecule has 1 aromatic carbocycles. The van der Waals surface area contributed by atoms with Crippen molar-refractivity contribution in [1.82, 2.24) is 15.7 Å². The molecule has 0 radical (unpaired) electrons. The Labute approximate surface area is 166 Å². The number of hydrogen-bond acceptors (Lipinski definition) is 4. The van der Waals surface area contributed by atoms with Crippen molar-refractivity contribution in [3.8, 4) is 6.07 Å². The molecule has 2 heterocycles. The highest BCUT2D eigenvalue weighted by Crippen LogP contribution is 2.22. The number of pyridine rings is 1. The summed E-state index contributed by atoms with van der Waals surface area (Å²) in [6.07, 6.45) is 0.307. The van der Waals surface area contributed by atoms with E-state index in [0.29, 0.717) is 27.8 Å². The fourth-order valence-corrected chi connectivity index (χ4v) is 4.04. The highest BCUT2D eigenvalue weighted by Gasteiger charge is 2.45. The Morgan fingerprint density at radius 2 is 2.21 bits per heavy atom. The summed E-state index contributed by atoms with van der Waals surface area (Å²) in [5, 5.41) is 12.3. The van der Waals surface area contributed by atoms with Crippen LogP contribution in [0.5, 0.6) is 0 Å². The van der Waals surface area contributed by atoms with Gasteiger partial charge in [-0.15, -0.1) is 5.43 Å². The van der Waals surface area contributed by atoms with Crippen LogP contribution in [-0.4, -0.2) is 33.9 Å². The van der Waals surface area contributed by atoms with Crippen LogP contribution in [0.3, 0.4) is 0 Å². The molecule has 3 unspecified atom stereocenters. The van der Waals surface area contributed by atoms with Crippen molar-refractivity contribution in [3.63, 3.8) is 0 Å². The molecule has 3 N–H and O–H groups in total. The Bertz CT molecular complexity index is 1070. The maximum Gasteiger partial charge on any atom is 0.256 e. The lowest BCUT2D eigenvalue weighted by molar-refractivity contribution is -0.663. The number of benzene rings is 1. The number of fused-ring (bicyclic) bond motifs is 1. The van der Waals surface area contributed by atoms with Gasteiger partial charge in [-0.2, -0.15) is 5.26 Å². The first-order valence-corrected chi connectivity index (χ1v) is 9.43. The lowest BCUT2D eigenvalue weighted by atomic mass is 9.88. The van der Waals surface area contributed by atoms with Crippen molar-refractivity contribution in [1.29, 1.82) is 5.26 Å².